The molecule has 1 heterocycles. The number of amides is 1. The average Bonchev–Trinajstić information content (AvgIpc) is 2.57. The van der Waals surface area contributed by atoms with Gasteiger partial charge in [0, 0.05) is 17.9 Å². The Morgan fingerprint density at radius 2 is 2.12 bits per heavy atom. The van der Waals surface area contributed by atoms with Crippen molar-refractivity contribution >= 4 is 33.2 Å². The smallest absolute Gasteiger partial charge is 0.266 e. The van der Waals surface area contributed by atoms with Gasteiger partial charge in [0.1, 0.15) is 4.88 Å². The van der Waals surface area contributed by atoms with E-state index in [1.54, 1.807) is 0 Å². The van der Waals surface area contributed by atoms with Gasteiger partial charge in [0.15, 0.2) is 0 Å². The predicted molar refractivity (Wildman–Crippen MR) is 76.2 cm³/mol. The molecule has 0 spiro atoms. The van der Waals surface area contributed by atoms with Crippen molar-refractivity contribution in [3.05, 3.63) is 15.6 Å². The molecule has 0 atom stereocenters. The van der Waals surface area contributed by atoms with Crippen LogP contribution in [0.2, 0.25) is 0 Å². The number of hydrogen-bond donors (Lipinski definition) is 0. The molecular weight excluding hydrogens is 300 g/mol. The van der Waals surface area contributed by atoms with E-state index in [9.17, 15) is 4.79 Å². The van der Waals surface area contributed by atoms with Crippen molar-refractivity contribution in [2.45, 2.75) is 40.2 Å². The lowest BCUT2D eigenvalue weighted by atomic mass is 10.2. The first-order valence-corrected chi connectivity index (χ1v) is 7.72. The van der Waals surface area contributed by atoms with Crippen molar-refractivity contribution in [3.8, 4) is 0 Å². The number of aryl methyl sites for hydroxylation is 2. The Hall–Kier alpha value is -0.420. The van der Waals surface area contributed by atoms with Crippen LogP contribution < -0.4 is 0 Å². The van der Waals surface area contributed by atoms with E-state index in [0.717, 1.165) is 33.9 Å². The monoisotopic (exact) mass is 318 g/mol. The third kappa shape index (κ3) is 3.78. The maximum Gasteiger partial charge on any atom is 0.266 e. The Morgan fingerprint density at radius 3 is 2.53 bits per heavy atom. The number of carbonyl (C=O) groups excluding carboxylic acids is 1. The number of carbonyl (C=O) groups is 1. The summed E-state index contributed by atoms with van der Waals surface area (Å²) in [5.41, 5.74) is 0.849. The van der Waals surface area contributed by atoms with Gasteiger partial charge in [-0.25, -0.2) is 4.98 Å². The molecule has 1 aromatic rings. The van der Waals surface area contributed by atoms with Crippen LogP contribution in [0.1, 0.15) is 40.6 Å². The molecule has 5 heteroatoms. The van der Waals surface area contributed by atoms with E-state index in [4.69, 9.17) is 0 Å². The van der Waals surface area contributed by atoms with E-state index in [0.29, 0.717) is 0 Å². The molecule has 0 N–H and O–H groups in total. The van der Waals surface area contributed by atoms with Crippen molar-refractivity contribution in [1.82, 2.24) is 9.88 Å². The SMILES string of the molecule is Cc1nc(C)c(C(=O)N(CCCBr)C(C)C)s1. The highest BCUT2D eigenvalue weighted by molar-refractivity contribution is 9.09. The molecule has 0 saturated carbocycles. The van der Waals surface area contributed by atoms with Crippen molar-refractivity contribution in [3.63, 3.8) is 0 Å². The van der Waals surface area contributed by atoms with Crippen LogP contribution in [0.15, 0.2) is 0 Å². The van der Waals surface area contributed by atoms with Gasteiger partial charge in [-0.05, 0) is 34.1 Å². The molecule has 0 aromatic carbocycles. The van der Waals surface area contributed by atoms with E-state index in [1.807, 2.05) is 18.7 Å². The molecular formula is C12H19BrN2OS. The van der Waals surface area contributed by atoms with Gasteiger partial charge in [-0.3, -0.25) is 4.79 Å². The van der Waals surface area contributed by atoms with Crippen molar-refractivity contribution < 1.29 is 4.79 Å². The molecule has 1 aromatic heterocycles. The molecule has 0 bridgehead atoms. The van der Waals surface area contributed by atoms with Crippen LogP contribution in [0, 0.1) is 13.8 Å². The normalized spacial score (nSPS) is 10.9. The summed E-state index contributed by atoms with van der Waals surface area (Å²) in [5, 5.41) is 1.87. The number of thiazole rings is 1. The lowest BCUT2D eigenvalue weighted by Gasteiger charge is -2.26. The Balaban J connectivity index is 2.87. The molecule has 0 unspecified atom stereocenters. The molecule has 0 radical (unpaired) electrons. The highest BCUT2D eigenvalue weighted by atomic mass is 79.9. The molecule has 1 rings (SSSR count). The summed E-state index contributed by atoms with van der Waals surface area (Å²) >= 11 is 4.89. The maximum absolute atomic E-state index is 12.4. The van der Waals surface area contributed by atoms with Gasteiger partial charge < -0.3 is 4.90 Å². The topological polar surface area (TPSA) is 33.2 Å². The standard InChI is InChI=1S/C12H19BrN2OS/c1-8(2)15(7-5-6-13)12(16)11-9(3)14-10(4)17-11/h8H,5-7H2,1-4H3. The number of nitrogens with zero attached hydrogens (tertiary/aromatic N) is 2. The zero-order chi connectivity index (χ0) is 13.0. The van der Waals surface area contributed by atoms with Gasteiger partial charge in [-0.1, -0.05) is 15.9 Å². The van der Waals surface area contributed by atoms with Gasteiger partial charge in [0.25, 0.3) is 5.91 Å². The highest BCUT2D eigenvalue weighted by Crippen LogP contribution is 2.20. The summed E-state index contributed by atoms with van der Waals surface area (Å²) in [4.78, 5) is 19.4. The Morgan fingerprint density at radius 1 is 1.47 bits per heavy atom. The van der Waals surface area contributed by atoms with Crippen LogP contribution in [-0.4, -0.2) is 33.7 Å². The van der Waals surface area contributed by atoms with E-state index in [2.05, 4.69) is 34.8 Å². The lowest BCUT2D eigenvalue weighted by molar-refractivity contribution is 0.0711. The largest absolute Gasteiger partial charge is 0.335 e. The molecule has 0 aliphatic rings. The van der Waals surface area contributed by atoms with E-state index in [-0.39, 0.29) is 11.9 Å². The molecule has 0 aliphatic carbocycles. The van der Waals surface area contributed by atoms with Crippen LogP contribution >= 0.6 is 27.3 Å². The van der Waals surface area contributed by atoms with Gasteiger partial charge >= 0.3 is 0 Å². The third-order valence-corrected chi connectivity index (χ3v) is 4.14. The summed E-state index contributed by atoms with van der Waals surface area (Å²) in [6, 6.07) is 0.225. The first kappa shape index (κ1) is 14.6. The minimum Gasteiger partial charge on any atom is -0.335 e. The summed E-state index contributed by atoms with van der Waals surface area (Å²) in [6.45, 7) is 8.73. The van der Waals surface area contributed by atoms with E-state index in [1.165, 1.54) is 11.3 Å². The second-order valence-electron chi connectivity index (χ2n) is 4.28. The fourth-order valence-electron chi connectivity index (χ4n) is 1.68. The third-order valence-electron chi connectivity index (χ3n) is 2.51. The zero-order valence-electron chi connectivity index (χ0n) is 10.8. The van der Waals surface area contributed by atoms with Crippen LogP contribution in [0.3, 0.4) is 0 Å². The van der Waals surface area contributed by atoms with Crippen molar-refractivity contribution in [1.29, 1.82) is 0 Å². The summed E-state index contributed by atoms with van der Waals surface area (Å²) in [5.74, 6) is 0.115. The summed E-state index contributed by atoms with van der Waals surface area (Å²) in [6.07, 6.45) is 0.973. The first-order chi connectivity index (χ1) is 7.97. The van der Waals surface area contributed by atoms with Gasteiger partial charge in [-0.2, -0.15) is 0 Å². The Kier molecular flexibility index (Phi) is 5.59. The average molecular weight is 319 g/mol. The van der Waals surface area contributed by atoms with Crippen molar-refractivity contribution in [2.75, 3.05) is 11.9 Å². The fourth-order valence-corrected chi connectivity index (χ4v) is 2.81. The number of halogens is 1. The molecule has 0 fully saturated rings. The number of rotatable bonds is 5. The van der Waals surface area contributed by atoms with E-state index < -0.39 is 0 Å². The molecule has 3 nitrogen and oxygen atoms in total. The molecule has 17 heavy (non-hydrogen) atoms. The van der Waals surface area contributed by atoms with Crippen LogP contribution in [0.5, 0.6) is 0 Å². The Labute approximate surface area is 115 Å². The lowest BCUT2D eigenvalue weighted by Crippen LogP contribution is -2.37. The maximum atomic E-state index is 12.4. The summed E-state index contributed by atoms with van der Waals surface area (Å²) < 4.78 is 0. The quantitative estimate of drug-likeness (QED) is 0.780. The number of hydrogen-bond acceptors (Lipinski definition) is 3. The second kappa shape index (κ2) is 6.50. The minimum atomic E-state index is 0.115. The van der Waals surface area contributed by atoms with Gasteiger partial charge in [0.05, 0.1) is 10.7 Å². The number of aromatic nitrogens is 1. The molecule has 0 aliphatic heterocycles. The fraction of sp³-hybridized carbons (Fsp3) is 0.667. The minimum absolute atomic E-state index is 0.115. The molecule has 1 amide bonds. The summed E-state index contributed by atoms with van der Waals surface area (Å²) in [7, 11) is 0. The van der Waals surface area contributed by atoms with E-state index >= 15 is 0 Å². The Bertz CT molecular complexity index is 390. The number of alkyl halides is 1. The van der Waals surface area contributed by atoms with Crippen LogP contribution in [-0.2, 0) is 0 Å². The first-order valence-electron chi connectivity index (χ1n) is 5.78. The van der Waals surface area contributed by atoms with Crippen LogP contribution in [0.25, 0.3) is 0 Å². The van der Waals surface area contributed by atoms with Crippen molar-refractivity contribution in [2.24, 2.45) is 0 Å². The van der Waals surface area contributed by atoms with Gasteiger partial charge in [-0.15, -0.1) is 11.3 Å². The zero-order valence-corrected chi connectivity index (χ0v) is 13.2. The second-order valence-corrected chi connectivity index (χ2v) is 6.28. The van der Waals surface area contributed by atoms with Crippen LogP contribution in [0.4, 0.5) is 0 Å². The van der Waals surface area contributed by atoms with Gasteiger partial charge in [0.2, 0.25) is 0 Å². The highest BCUT2D eigenvalue weighted by Gasteiger charge is 2.22. The molecule has 96 valence electrons. The molecule has 0 saturated heterocycles. The predicted octanol–water partition coefficient (Wildman–Crippen LogP) is 3.40.